The molecule has 0 saturated heterocycles. The summed E-state index contributed by atoms with van der Waals surface area (Å²) in [6.07, 6.45) is 0. The van der Waals surface area contributed by atoms with E-state index in [0.29, 0.717) is 5.56 Å². The van der Waals surface area contributed by atoms with Gasteiger partial charge in [0.2, 0.25) is 0 Å². The standard InChI is InChI=1S/C16H19N3O/c1-11-9-13(7-8-15(11)17)18-16(20)12-5-4-6-14(10-12)19(2)3/h4-10H,17H2,1-3H3,(H,18,20). The lowest BCUT2D eigenvalue weighted by Gasteiger charge is -2.13. The number of benzene rings is 2. The average Bonchev–Trinajstić information content (AvgIpc) is 2.43. The predicted molar refractivity (Wildman–Crippen MR) is 84.3 cm³/mol. The monoisotopic (exact) mass is 269 g/mol. The Bertz CT molecular complexity index is 635. The number of rotatable bonds is 3. The fourth-order valence-corrected chi connectivity index (χ4v) is 1.88. The van der Waals surface area contributed by atoms with E-state index in [1.54, 1.807) is 18.2 Å². The summed E-state index contributed by atoms with van der Waals surface area (Å²) in [6, 6.07) is 13.0. The van der Waals surface area contributed by atoms with Gasteiger partial charge in [0.1, 0.15) is 0 Å². The van der Waals surface area contributed by atoms with E-state index in [2.05, 4.69) is 5.32 Å². The van der Waals surface area contributed by atoms with Gasteiger partial charge < -0.3 is 16.0 Å². The molecule has 0 saturated carbocycles. The molecule has 4 heteroatoms. The molecule has 0 bridgehead atoms. The summed E-state index contributed by atoms with van der Waals surface area (Å²) in [5.41, 5.74) is 9.80. The fraction of sp³-hybridized carbons (Fsp3) is 0.188. The zero-order valence-electron chi connectivity index (χ0n) is 12.0. The average molecular weight is 269 g/mol. The van der Waals surface area contributed by atoms with Crippen LogP contribution in [0.3, 0.4) is 0 Å². The Labute approximate surface area is 119 Å². The molecule has 2 rings (SSSR count). The molecule has 20 heavy (non-hydrogen) atoms. The number of carbonyl (C=O) groups excluding carboxylic acids is 1. The van der Waals surface area contributed by atoms with E-state index < -0.39 is 0 Å². The number of anilines is 3. The predicted octanol–water partition coefficient (Wildman–Crippen LogP) is 2.90. The van der Waals surface area contributed by atoms with Gasteiger partial charge in [-0.15, -0.1) is 0 Å². The molecule has 104 valence electrons. The molecule has 3 N–H and O–H groups in total. The molecule has 4 nitrogen and oxygen atoms in total. The lowest BCUT2D eigenvalue weighted by atomic mass is 10.1. The SMILES string of the molecule is Cc1cc(NC(=O)c2cccc(N(C)C)c2)ccc1N. The second kappa shape index (κ2) is 5.65. The highest BCUT2D eigenvalue weighted by molar-refractivity contribution is 6.04. The quantitative estimate of drug-likeness (QED) is 0.842. The van der Waals surface area contributed by atoms with Crippen molar-refractivity contribution in [1.29, 1.82) is 0 Å². The summed E-state index contributed by atoms with van der Waals surface area (Å²) in [7, 11) is 3.89. The van der Waals surface area contributed by atoms with Gasteiger partial charge in [0.25, 0.3) is 5.91 Å². The molecule has 0 fully saturated rings. The summed E-state index contributed by atoms with van der Waals surface area (Å²) in [5, 5.41) is 2.88. The van der Waals surface area contributed by atoms with Crippen LogP contribution in [-0.2, 0) is 0 Å². The third kappa shape index (κ3) is 3.09. The number of hydrogen-bond donors (Lipinski definition) is 2. The first-order chi connectivity index (χ1) is 9.47. The van der Waals surface area contributed by atoms with Gasteiger partial charge in [0.05, 0.1) is 0 Å². The highest BCUT2D eigenvalue weighted by atomic mass is 16.1. The molecule has 0 aromatic heterocycles. The topological polar surface area (TPSA) is 58.4 Å². The minimum Gasteiger partial charge on any atom is -0.399 e. The van der Waals surface area contributed by atoms with Crippen molar-refractivity contribution in [1.82, 2.24) is 0 Å². The number of nitrogens with one attached hydrogen (secondary N) is 1. The van der Waals surface area contributed by atoms with E-state index in [4.69, 9.17) is 5.73 Å². The molecule has 0 atom stereocenters. The Morgan fingerprint density at radius 2 is 1.90 bits per heavy atom. The molecule has 0 unspecified atom stereocenters. The third-order valence-corrected chi connectivity index (χ3v) is 3.15. The normalized spacial score (nSPS) is 10.2. The minimum absolute atomic E-state index is 0.127. The van der Waals surface area contributed by atoms with E-state index >= 15 is 0 Å². The van der Waals surface area contributed by atoms with Crippen molar-refractivity contribution in [3.05, 3.63) is 53.6 Å². The number of aryl methyl sites for hydroxylation is 1. The van der Waals surface area contributed by atoms with E-state index in [1.165, 1.54) is 0 Å². The van der Waals surface area contributed by atoms with Gasteiger partial charge in [0.15, 0.2) is 0 Å². The highest BCUT2D eigenvalue weighted by Crippen LogP contribution is 2.18. The third-order valence-electron chi connectivity index (χ3n) is 3.15. The lowest BCUT2D eigenvalue weighted by molar-refractivity contribution is 0.102. The van der Waals surface area contributed by atoms with Crippen molar-refractivity contribution >= 4 is 23.0 Å². The van der Waals surface area contributed by atoms with Gasteiger partial charge in [-0.2, -0.15) is 0 Å². The van der Waals surface area contributed by atoms with Crippen LogP contribution < -0.4 is 16.0 Å². The summed E-state index contributed by atoms with van der Waals surface area (Å²) in [6.45, 7) is 1.91. The Hall–Kier alpha value is -2.49. The maximum atomic E-state index is 12.2. The molecule has 0 spiro atoms. The summed E-state index contributed by atoms with van der Waals surface area (Å²) < 4.78 is 0. The number of amides is 1. The molecule has 2 aromatic rings. The number of carbonyl (C=O) groups is 1. The minimum atomic E-state index is -0.127. The number of nitrogens with zero attached hydrogens (tertiary/aromatic N) is 1. The molecular formula is C16H19N3O. The van der Waals surface area contributed by atoms with Crippen molar-refractivity contribution in [2.24, 2.45) is 0 Å². The lowest BCUT2D eigenvalue weighted by Crippen LogP contribution is -2.14. The van der Waals surface area contributed by atoms with Gasteiger partial charge in [-0.3, -0.25) is 4.79 Å². The second-order valence-electron chi connectivity index (χ2n) is 4.97. The van der Waals surface area contributed by atoms with Gasteiger partial charge >= 0.3 is 0 Å². The Morgan fingerprint density at radius 1 is 1.15 bits per heavy atom. The van der Waals surface area contributed by atoms with Crippen LogP contribution in [0.1, 0.15) is 15.9 Å². The van der Waals surface area contributed by atoms with Crippen LogP contribution >= 0.6 is 0 Å². The van der Waals surface area contributed by atoms with E-state index in [9.17, 15) is 4.79 Å². The Balaban J connectivity index is 2.19. The van der Waals surface area contributed by atoms with E-state index in [-0.39, 0.29) is 5.91 Å². The number of nitrogens with two attached hydrogens (primary N) is 1. The molecule has 0 radical (unpaired) electrons. The van der Waals surface area contributed by atoms with E-state index in [0.717, 1.165) is 22.6 Å². The van der Waals surface area contributed by atoms with Crippen molar-refractivity contribution in [3.63, 3.8) is 0 Å². The fourth-order valence-electron chi connectivity index (χ4n) is 1.88. The molecule has 0 aliphatic rings. The van der Waals surface area contributed by atoms with Crippen LogP contribution in [0.25, 0.3) is 0 Å². The summed E-state index contributed by atoms with van der Waals surface area (Å²) in [5.74, 6) is -0.127. The van der Waals surface area contributed by atoms with Crippen molar-refractivity contribution in [2.75, 3.05) is 30.0 Å². The second-order valence-corrected chi connectivity index (χ2v) is 4.97. The summed E-state index contributed by atoms with van der Waals surface area (Å²) in [4.78, 5) is 14.2. The Kier molecular flexibility index (Phi) is 3.94. The Morgan fingerprint density at radius 3 is 2.55 bits per heavy atom. The summed E-state index contributed by atoms with van der Waals surface area (Å²) >= 11 is 0. The van der Waals surface area contributed by atoms with Crippen LogP contribution in [0.15, 0.2) is 42.5 Å². The first-order valence-electron chi connectivity index (χ1n) is 6.42. The van der Waals surface area contributed by atoms with Gasteiger partial charge in [-0.25, -0.2) is 0 Å². The molecule has 0 aliphatic carbocycles. The first-order valence-corrected chi connectivity index (χ1v) is 6.42. The molecular weight excluding hydrogens is 250 g/mol. The van der Waals surface area contributed by atoms with Crippen molar-refractivity contribution in [3.8, 4) is 0 Å². The maximum Gasteiger partial charge on any atom is 0.255 e. The number of nitrogen functional groups attached to an aromatic ring is 1. The largest absolute Gasteiger partial charge is 0.399 e. The molecule has 0 aliphatic heterocycles. The van der Waals surface area contributed by atoms with E-state index in [1.807, 2.05) is 50.2 Å². The number of hydrogen-bond acceptors (Lipinski definition) is 3. The highest BCUT2D eigenvalue weighted by Gasteiger charge is 2.08. The first kappa shape index (κ1) is 13.9. The van der Waals surface area contributed by atoms with Crippen molar-refractivity contribution in [2.45, 2.75) is 6.92 Å². The van der Waals surface area contributed by atoms with Crippen molar-refractivity contribution < 1.29 is 4.79 Å². The van der Waals surface area contributed by atoms with Crippen LogP contribution in [0.5, 0.6) is 0 Å². The van der Waals surface area contributed by atoms with Crippen LogP contribution in [0.4, 0.5) is 17.1 Å². The smallest absolute Gasteiger partial charge is 0.255 e. The zero-order chi connectivity index (χ0) is 14.7. The maximum absolute atomic E-state index is 12.2. The molecule has 2 aromatic carbocycles. The van der Waals surface area contributed by atoms with Crippen LogP contribution in [0, 0.1) is 6.92 Å². The molecule has 1 amide bonds. The van der Waals surface area contributed by atoms with Crippen LogP contribution in [-0.4, -0.2) is 20.0 Å². The van der Waals surface area contributed by atoms with Gasteiger partial charge in [-0.05, 0) is 48.9 Å². The van der Waals surface area contributed by atoms with Gasteiger partial charge in [0, 0.05) is 36.7 Å². The molecule has 0 heterocycles. The van der Waals surface area contributed by atoms with Gasteiger partial charge in [-0.1, -0.05) is 6.07 Å². The van der Waals surface area contributed by atoms with Crippen LogP contribution in [0.2, 0.25) is 0 Å². The zero-order valence-corrected chi connectivity index (χ0v) is 12.0.